The van der Waals surface area contributed by atoms with Crippen molar-refractivity contribution < 1.29 is 0 Å². The van der Waals surface area contributed by atoms with Crippen molar-refractivity contribution in [3.05, 3.63) is 30.1 Å². The molecule has 0 aliphatic carbocycles. The number of anilines is 2. The van der Waals surface area contributed by atoms with Crippen molar-refractivity contribution in [2.75, 3.05) is 37.8 Å². The first-order chi connectivity index (χ1) is 11.7. The summed E-state index contributed by atoms with van der Waals surface area (Å²) < 4.78 is 7.81. The third-order valence-corrected chi connectivity index (χ3v) is 5.82. The molecule has 4 rings (SSSR count). The molecule has 1 saturated heterocycles. The van der Waals surface area contributed by atoms with Crippen LogP contribution in [0.25, 0.3) is 11.1 Å². The Morgan fingerprint density at radius 3 is 2.79 bits per heavy atom. The second-order valence-corrected chi connectivity index (χ2v) is 7.61. The Morgan fingerprint density at radius 2 is 2.04 bits per heavy atom. The Bertz CT molecular complexity index is 735. The van der Waals surface area contributed by atoms with Gasteiger partial charge in [-0.05, 0) is 26.0 Å². The highest BCUT2D eigenvalue weighted by molar-refractivity contribution is 7.95. The first-order valence-electron chi connectivity index (χ1n) is 8.44. The highest BCUT2D eigenvalue weighted by Crippen LogP contribution is 2.42. The summed E-state index contributed by atoms with van der Waals surface area (Å²) in [6.07, 6.45) is 4.29. The number of hydrogen-bond donors (Lipinski definition) is 2. The van der Waals surface area contributed by atoms with Crippen molar-refractivity contribution in [2.24, 2.45) is 0 Å². The zero-order valence-electron chi connectivity index (χ0n) is 14.2. The van der Waals surface area contributed by atoms with Crippen LogP contribution in [0.4, 0.5) is 11.4 Å². The lowest BCUT2D eigenvalue weighted by molar-refractivity contribution is 0.270. The molecule has 0 unspecified atom stereocenters. The molecule has 0 spiro atoms. The zero-order valence-corrected chi connectivity index (χ0v) is 15.0. The smallest absolute Gasteiger partial charge is 0.0681 e. The van der Waals surface area contributed by atoms with E-state index in [2.05, 4.69) is 31.7 Å². The molecule has 0 atom stereocenters. The quantitative estimate of drug-likeness (QED) is 0.659. The third kappa shape index (κ3) is 2.56. The SMILES string of the molecule is CNSN1CCC(n2ncc3c2CN(C)c2c(N)cccc2-3)CC1. The van der Waals surface area contributed by atoms with Crippen LogP contribution in [-0.2, 0) is 6.54 Å². The Balaban J connectivity index is 1.64. The minimum Gasteiger partial charge on any atom is -0.397 e. The van der Waals surface area contributed by atoms with Gasteiger partial charge in [0.15, 0.2) is 0 Å². The molecule has 0 bridgehead atoms. The van der Waals surface area contributed by atoms with Gasteiger partial charge in [0, 0.05) is 43.4 Å². The van der Waals surface area contributed by atoms with Crippen LogP contribution in [0.2, 0.25) is 0 Å². The molecular formula is C17H24N6S. The zero-order chi connectivity index (χ0) is 16.7. The maximum atomic E-state index is 6.20. The van der Waals surface area contributed by atoms with Gasteiger partial charge in [-0.1, -0.05) is 12.1 Å². The van der Waals surface area contributed by atoms with E-state index in [1.807, 2.05) is 25.4 Å². The van der Waals surface area contributed by atoms with Gasteiger partial charge >= 0.3 is 0 Å². The minimum atomic E-state index is 0.485. The summed E-state index contributed by atoms with van der Waals surface area (Å²) in [7, 11) is 4.08. The lowest BCUT2D eigenvalue weighted by Gasteiger charge is -2.34. The van der Waals surface area contributed by atoms with E-state index in [0.29, 0.717) is 6.04 Å². The molecule has 24 heavy (non-hydrogen) atoms. The van der Waals surface area contributed by atoms with Gasteiger partial charge in [0.25, 0.3) is 0 Å². The summed E-state index contributed by atoms with van der Waals surface area (Å²) in [6, 6.07) is 6.64. The number of hydrogen-bond acceptors (Lipinski definition) is 6. The first-order valence-corrected chi connectivity index (χ1v) is 9.21. The Hall–Kier alpha value is -1.70. The molecule has 1 fully saturated rings. The summed E-state index contributed by atoms with van der Waals surface area (Å²) in [6.45, 7) is 3.04. The van der Waals surface area contributed by atoms with Crippen molar-refractivity contribution in [2.45, 2.75) is 25.4 Å². The fraction of sp³-hybridized carbons (Fsp3) is 0.471. The van der Waals surface area contributed by atoms with Gasteiger partial charge in [0.1, 0.15) is 0 Å². The monoisotopic (exact) mass is 344 g/mol. The highest BCUT2D eigenvalue weighted by atomic mass is 32.2. The van der Waals surface area contributed by atoms with Crippen molar-refractivity contribution in [3.8, 4) is 11.1 Å². The molecule has 7 heteroatoms. The van der Waals surface area contributed by atoms with Crippen LogP contribution in [-0.4, -0.2) is 41.3 Å². The number of aromatic nitrogens is 2. The molecule has 1 aromatic carbocycles. The van der Waals surface area contributed by atoms with E-state index in [9.17, 15) is 0 Å². The standard InChI is InChI=1S/C17H24N6S/c1-19-24-22-8-6-12(7-9-22)23-16-11-21(2)17-13(14(16)10-20-23)4-3-5-15(17)18/h3-5,10,12,19H,6-9,11,18H2,1-2H3. The second kappa shape index (κ2) is 6.31. The van der Waals surface area contributed by atoms with Crippen LogP contribution in [0.1, 0.15) is 24.6 Å². The molecule has 2 aliphatic heterocycles. The number of nitrogens with one attached hydrogen (secondary N) is 1. The van der Waals surface area contributed by atoms with E-state index < -0.39 is 0 Å². The van der Waals surface area contributed by atoms with E-state index in [1.165, 1.54) is 16.8 Å². The Kier molecular flexibility index (Phi) is 4.15. The number of para-hydroxylation sites is 1. The van der Waals surface area contributed by atoms with Gasteiger partial charge in [-0.2, -0.15) is 5.10 Å². The van der Waals surface area contributed by atoms with Crippen LogP contribution in [0.15, 0.2) is 24.4 Å². The fourth-order valence-electron chi connectivity index (χ4n) is 3.90. The number of fused-ring (bicyclic) bond motifs is 3. The molecule has 3 N–H and O–H groups in total. The summed E-state index contributed by atoms with van der Waals surface area (Å²) >= 11 is 1.70. The Morgan fingerprint density at radius 1 is 1.25 bits per heavy atom. The van der Waals surface area contributed by atoms with Crippen LogP contribution < -0.4 is 15.4 Å². The van der Waals surface area contributed by atoms with Crippen molar-refractivity contribution in [1.82, 2.24) is 18.8 Å². The predicted octanol–water partition coefficient (Wildman–Crippen LogP) is 2.50. The molecule has 3 heterocycles. The van der Waals surface area contributed by atoms with Gasteiger partial charge in [-0.3, -0.25) is 9.40 Å². The largest absolute Gasteiger partial charge is 0.397 e. The number of benzene rings is 1. The Labute approximate surface area is 147 Å². The van der Waals surface area contributed by atoms with Gasteiger partial charge in [0.05, 0.1) is 35.9 Å². The van der Waals surface area contributed by atoms with Crippen LogP contribution in [0, 0.1) is 0 Å². The highest BCUT2D eigenvalue weighted by Gasteiger charge is 2.29. The van der Waals surface area contributed by atoms with Crippen molar-refractivity contribution >= 4 is 23.5 Å². The molecule has 0 radical (unpaired) electrons. The van der Waals surface area contributed by atoms with Gasteiger partial charge < -0.3 is 10.6 Å². The van der Waals surface area contributed by atoms with Crippen molar-refractivity contribution in [1.29, 1.82) is 0 Å². The average Bonchev–Trinajstić information content (AvgIpc) is 3.00. The number of nitrogens with two attached hydrogens (primary N) is 1. The number of nitrogen functional groups attached to an aromatic ring is 1. The minimum absolute atomic E-state index is 0.485. The van der Waals surface area contributed by atoms with E-state index in [0.717, 1.165) is 43.9 Å². The van der Waals surface area contributed by atoms with Gasteiger partial charge in [-0.25, -0.2) is 4.31 Å². The van der Waals surface area contributed by atoms with E-state index in [-0.39, 0.29) is 0 Å². The number of nitrogens with zero attached hydrogens (tertiary/aromatic N) is 4. The number of rotatable bonds is 3. The molecule has 0 amide bonds. The maximum absolute atomic E-state index is 6.20. The molecule has 2 aliphatic rings. The summed E-state index contributed by atoms with van der Waals surface area (Å²) in [4.78, 5) is 2.25. The van der Waals surface area contributed by atoms with E-state index >= 15 is 0 Å². The van der Waals surface area contributed by atoms with Gasteiger partial charge in [0.2, 0.25) is 0 Å². The lowest BCUT2D eigenvalue weighted by atomic mass is 9.97. The molecule has 1 aromatic heterocycles. The summed E-state index contributed by atoms with van der Waals surface area (Å²) in [5.41, 5.74) is 11.9. The molecule has 2 aromatic rings. The predicted molar refractivity (Wildman–Crippen MR) is 101 cm³/mol. The third-order valence-electron chi connectivity index (χ3n) is 5.01. The summed E-state index contributed by atoms with van der Waals surface area (Å²) in [5.74, 6) is 0. The average molecular weight is 344 g/mol. The van der Waals surface area contributed by atoms with Gasteiger partial charge in [-0.15, -0.1) is 0 Å². The maximum Gasteiger partial charge on any atom is 0.0681 e. The fourth-order valence-corrected chi connectivity index (χ4v) is 4.55. The van der Waals surface area contributed by atoms with Crippen LogP contribution >= 0.6 is 12.1 Å². The topological polar surface area (TPSA) is 62.4 Å². The lowest BCUT2D eigenvalue weighted by Crippen LogP contribution is -2.33. The second-order valence-electron chi connectivity index (χ2n) is 6.50. The van der Waals surface area contributed by atoms with Crippen molar-refractivity contribution in [3.63, 3.8) is 0 Å². The first kappa shape index (κ1) is 15.8. The summed E-state index contributed by atoms with van der Waals surface area (Å²) in [5, 5.41) is 4.76. The normalized spacial score (nSPS) is 18.5. The van der Waals surface area contributed by atoms with E-state index in [4.69, 9.17) is 10.8 Å². The molecule has 6 nitrogen and oxygen atoms in total. The molecule has 128 valence electrons. The molecular weight excluding hydrogens is 320 g/mol. The van der Waals surface area contributed by atoms with Crippen LogP contribution in [0.5, 0.6) is 0 Å². The molecule has 0 saturated carbocycles. The van der Waals surface area contributed by atoms with Crippen LogP contribution in [0.3, 0.4) is 0 Å². The number of piperidine rings is 1. The van der Waals surface area contributed by atoms with E-state index in [1.54, 1.807) is 12.1 Å².